The van der Waals surface area contributed by atoms with E-state index in [-0.39, 0.29) is 0 Å². The van der Waals surface area contributed by atoms with Crippen molar-refractivity contribution in [1.29, 1.82) is 0 Å². The van der Waals surface area contributed by atoms with Gasteiger partial charge in [-0.05, 0) is 32.7 Å². The number of carbonyl (C=O) groups is 1. The summed E-state index contributed by atoms with van der Waals surface area (Å²) in [6, 6.07) is 0. The third-order valence-electron chi connectivity index (χ3n) is 2.89. The van der Waals surface area contributed by atoms with Gasteiger partial charge in [0.1, 0.15) is 5.54 Å². The quantitative estimate of drug-likeness (QED) is 0.629. The number of carboxylic acids is 1. The first-order valence-corrected chi connectivity index (χ1v) is 5.85. The summed E-state index contributed by atoms with van der Waals surface area (Å²) in [5.41, 5.74) is -0.787. The lowest BCUT2D eigenvalue weighted by molar-refractivity contribution is -0.149. The van der Waals surface area contributed by atoms with E-state index in [0.29, 0.717) is 45.8 Å². The molecule has 0 bridgehead atoms. The third-order valence-corrected chi connectivity index (χ3v) is 2.89. The predicted molar refractivity (Wildman–Crippen MR) is 59.5 cm³/mol. The van der Waals surface area contributed by atoms with E-state index in [1.165, 1.54) is 0 Å². The molecular weight excluding hydrogens is 210 g/mol. The lowest BCUT2D eigenvalue weighted by Crippen LogP contribution is -2.55. The van der Waals surface area contributed by atoms with Crippen LogP contribution in [0.4, 0.5) is 0 Å². The molecule has 5 heteroatoms. The van der Waals surface area contributed by atoms with Crippen molar-refractivity contribution in [3.63, 3.8) is 0 Å². The van der Waals surface area contributed by atoms with Crippen LogP contribution >= 0.6 is 0 Å². The average molecular weight is 231 g/mol. The molecule has 0 radical (unpaired) electrons. The predicted octanol–water partition coefficient (Wildman–Crippen LogP) is 0.636. The van der Waals surface area contributed by atoms with E-state index in [0.717, 1.165) is 6.42 Å². The maximum absolute atomic E-state index is 11.2. The zero-order chi connectivity index (χ0) is 11.9. The van der Waals surface area contributed by atoms with E-state index in [4.69, 9.17) is 9.47 Å². The molecule has 94 valence electrons. The van der Waals surface area contributed by atoms with Gasteiger partial charge in [-0.1, -0.05) is 0 Å². The molecule has 0 amide bonds. The largest absolute Gasteiger partial charge is 0.480 e. The van der Waals surface area contributed by atoms with Crippen LogP contribution in [-0.4, -0.2) is 49.6 Å². The highest BCUT2D eigenvalue weighted by atomic mass is 16.5. The van der Waals surface area contributed by atoms with Gasteiger partial charge in [0.2, 0.25) is 0 Å². The number of hydrogen-bond acceptors (Lipinski definition) is 4. The molecule has 2 N–H and O–H groups in total. The van der Waals surface area contributed by atoms with Gasteiger partial charge < -0.3 is 19.9 Å². The van der Waals surface area contributed by atoms with Crippen molar-refractivity contribution in [2.24, 2.45) is 0 Å². The Bertz CT molecular complexity index is 214. The van der Waals surface area contributed by atoms with Crippen molar-refractivity contribution in [3.05, 3.63) is 0 Å². The normalized spacial score (nSPS) is 19.6. The highest BCUT2D eigenvalue weighted by molar-refractivity contribution is 5.78. The zero-order valence-corrected chi connectivity index (χ0v) is 9.83. The molecular formula is C11H21NO4. The zero-order valence-electron chi connectivity index (χ0n) is 9.83. The Morgan fingerprint density at radius 1 is 1.50 bits per heavy atom. The van der Waals surface area contributed by atoms with E-state index in [9.17, 15) is 9.90 Å². The molecule has 0 aromatic heterocycles. The van der Waals surface area contributed by atoms with E-state index in [1.807, 2.05) is 6.92 Å². The van der Waals surface area contributed by atoms with Gasteiger partial charge >= 0.3 is 5.97 Å². The topological polar surface area (TPSA) is 67.8 Å². The molecule has 0 aromatic rings. The highest BCUT2D eigenvalue weighted by Gasteiger charge is 2.39. The van der Waals surface area contributed by atoms with Gasteiger partial charge in [0.15, 0.2) is 0 Å². The second-order valence-corrected chi connectivity index (χ2v) is 3.98. The standard InChI is InChI=1S/C11H21NO4/c1-2-15-7-3-6-12-11(10(13)14)4-8-16-9-5-11/h12H,2-9H2,1H3,(H,13,14). The summed E-state index contributed by atoms with van der Waals surface area (Å²) in [6.07, 6.45) is 1.91. The summed E-state index contributed by atoms with van der Waals surface area (Å²) in [5.74, 6) is -0.771. The number of nitrogens with one attached hydrogen (secondary N) is 1. The first kappa shape index (κ1) is 13.4. The van der Waals surface area contributed by atoms with Crippen LogP contribution in [0.2, 0.25) is 0 Å². The van der Waals surface area contributed by atoms with Crippen LogP contribution in [0.15, 0.2) is 0 Å². The van der Waals surface area contributed by atoms with Gasteiger partial charge in [-0.3, -0.25) is 4.79 Å². The average Bonchev–Trinajstić information content (AvgIpc) is 2.30. The SMILES string of the molecule is CCOCCCNC1(C(=O)O)CCOCC1. The Labute approximate surface area is 96.1 Å². The first-order valence-electron chi connectivity index (χ1n) is 5.85. The van der Waals surface area contributed by atoms with Crippen molar-refractivity contribution in [1.82, 2.24) is 5.32 Å². The molecule has 1 fully saturated rings. The maximum atomic E-state index is 11.2. The van der Waals surface area contributed by atoms with E-state index in [2.05, 4.69) is 5.32 Å². The molecule has 5 nitrogen and oxygen atoms in total. The Morgan fingerprint density at radius 3 is 2.75 bits per heavy atom. The fourth-order valence-corrected chi connectivity index (χ4v) is 1.83. The maximum Gasteiger partial charge on any atom is 0.324 e. The molecule has 1 saturated heterocycles. The number of ether oxygens (including phenoxy) is 2. The molecule has 0 saturated carbocycles. The molecule has 1 aliphatic heterocycles. The highest BCUT2D eigenvalue weighted by Crippen LogP contribution is 2.20. The number of aliphatic carboxylic acids is 1. The second kappa shape index (κ2) is 6.83. The Morgan fingerprint density at radius 2 is 2.19 bits per heavy atom. The molecule has 1 heterocycles. The fourth-order valence-electron chi connectivity index (χ4n) is 1.83. The van der Waals surface area contributed by atoms with Crippen LogP contribution in [0, 0.1) is 0 Å². The van der Waals surface area contributed by atoms with Crippen LogP contribution < -0.4 is 5.32 Å². The number of carboxylic acid groups (broad SMARTS) is 1. The molecule has 16 heavy (non-hydrogen) atoms. The van der Waals surface area contributed by atoms with Crippen molar-refractivity contribution in [2.45, 2.75) is 31.7 Å². The Hall–Kier alpha value is -0.650. The minimum atomic E-state index is -0.787. The molecule has 0 spiro atoms. The van der Waals surface area contributed by atoms with Gasteiger partial charge in [-0.25, -0.2) is 0 Å². The van der Waals surface area contributed by atoms with Gasteiger partial charge in [-0.15, -0.1) is 0 Å². The van der Waals surface area contributed by atoms with Gasteiger partial charge in [0.25, 0.3) is 0 Å². The smallest absolute Gasteiger partial charge is 0.324 e. The minimum absolute atomic E-state index is 0.519. The van der Waals surface area contributed by atoms with E-state index < -0.39 is 11.5 Å². The minimum Gasteiger partial charge on any atom is -0.480 e. The summed E-state index contributed by atoms with van der Waals surface area (Å²) < 4.78 is 10.4. The van der Waals surface area contributed by atoms with Gasteiger partial charge in [0.05, 0.1) is 0 Å². The van der Waals surface area contributed by atoms with Crippen LogP contribution in [0.1, 0.15) is 26.2 Å². The first-order chi connectivity index (χ1) is 7.71. The molecule has 0 aromatic carbocycles. The second-order valence-electron chi connectivity index (χ2n) is 3.98. The van der Waals surface area contributed by atoms with E-state index in [1.54, 1.807) is 0 Å². The fraction of sp³-hybridized carbons (Fsp3) is 0.909. The van der Waals surface area contributed by atoms with E-state index >= 15 is 0 Å². The van der Waals surface area contributed by atoms with Crippen LogP contribution in [0.25, 0.3) is 0 Å². The third kappa shape index (κ3) is 3.73. The molecule has 1 rings (SSSR count). The van der Waals surface area contributed by atoms with Crippen molar-refractivity contribution in [2.75, 3.05) is 33.0 Å². The molecule has 0 unspecified atom stereocenters. The van der Waals surface area contributed by atoms with Gasteiger partial charge in [-0.2, -0.15) is 0 Å². The lowest BCUT2D eigenvalue weighted by atomic mass is 9.90. The van der Waals surface area contributed by atoms with Gasteiger partial charge in [0, 0.05) is 26.4 Å². The molecule has 0 aliphatic carbocycles. The van der Waals surface area contributed by atoms with Crippen molar-refractivity contribution in [3.8, 4) is 0 Å². The molecule has 1 aliphatic rings. The van der Waals surface area contributed by atoms with Crippen molar-refractivity contribution >= 4 is 5.97 Å². The summed E-state index contributed by atoms with van der Waals surface area (Å²) >= 11 is 0. The van der Waals surface area contributed by atoms with Crippen LogP contribution in [-0.2, 0) is 14.3 Å². The lowest BCUT2D eigenvalue weighted by Gasteiger charge is -2.34. The monoisotopic (exact) mass is 231 g/mol. The summed E-state index contributed by atoms with van der Waals surface area (Å²) in [5, 5.41) is 12.4. The summed E-state index contributed by atoms with van der Waals surface area (Å²) in [6.45, 7) is 5.04. The summed E-state index contributed by atoms with van der Waals surface area (Å²) in [4.78, 5) is 11.2. The Balaban J connectivity index is 2.30. The van der Waals surface area contributed by atoms with Crippen LogP contribution in [0.5, 0.6) is 0 Å². The van der Waals surface area contributed by atoms with Crippen LogP contribution in [0.3, 0.4) is 0 Å². The molecule has 0 atom stereocenters. The Kier molecular flexibility index (Phi) is 5.73. The number of rotatable bonds is 7. The van der Waals surface area contributed by atoms with Crippen molar-refractivity contribution < 1.29 is 19.4 Å². The summed E-state index contributed by atoms with van der Waals surface area (Å²) in [7, 11) is 0. The number of hydrogen-bond donors (Lipinski definition) is 2.